The van der Waals surface area contributed by atoms with Crippen LogP contribution in [0.1, 0.15) is 29.6 Å². The number of nitrogens with zero attached hydrogens (tertiary/aromatic N) is 2. The number of aromatic nitrogens is 1. The van der Waals surface area contributed by atoms with Crippen LogP contribution in [0.2, 0.25) is 0 Å². The minimum Gasteiger partial charge on any atom is -0.395 e. The third-order valence-electron chi connectivity index (χ3n) is 4.16. The van der Waals surface area contributed by atoms with E-state index in [9.17, 15) is 9.90 Å². The Labute approximate surface area is 118 Å². The minimum atomic E-state index is 0.0508. The Morgan fingerprint density at radius 1 is 1.50 bits per heavy atom. The van der Waals surface area contributed by atoms with Crippen molar-refractivity contribution in [1.29, 1.82) is 0 Å². The van der Waals surface area contributed by atoms with Crippen molar-refractivity contribution in [1.82, 2.24) is 20.7 Å². The van der Waals surface area contributed by atoms with Gasteiger partial charge in [0.1, 0.15) is 0 Å². The molecule has 108 valence electrons. The van der Waals surface area contributed by atoms with E-state index in [2.05, 4.69) is 15.8 Å². The number of carbonyl (C=O) groups is 1. The Balaban J connectivity index is 1.71. The number of nitrogens with one attached hydrogen (secondary N) is 2. The van der Waals surface area contributed by atoms with Gasteiger partial charge in [0, 0.05) is 37.1 Å². The zero-order valence-corrected chi connectivity index (χ0v) is 11.3. The van der Waals surface area contributed by atoms with Crippen LogP contribution in [0.3, 0.4) is 0 Å². The molecule has 20 heavy (non-hydrogen) atoms. The molecule has 2 saturated heterocycles. The number of amides is 1. The molecule has 3 unspecified atom stereocenters. The van der Waals surface area contributed by atoms with Crippen LogP contribution in [0.25, 0.3) is 0 Å². The number of pyridine rings is 1. The van der Waals surface area contributed by atoms with Gasteiger partial charge in [0.15, 0.2) is 0 Å². The van der Waals surface area contributed by atoms with E-state index in [-0.39, 0.29) is 30.6 Å². The second-order valence-corrected chi connectivity index (χ2v) is 5.46. The molecule has 1 amide bonds. The fraction of sp³-hybridized carbons (Fsp3) is 0.571. The summed E-state index contributed by atoms with van der Waals surface area (Å²) in [5.74, 6) is 0.0508. The van der Waals surface area contributed by atoms with Gasteiger partial charge in [-0.3, -0.25) is 20.6 Å². The van der Waals surface area contributed by atoms with Crippen molar-refractivity contribution in [3.63, 3.8) is 0 Å². The van der Waals surface area contributed by atoms with Gasteiger partial charge in [-0.05, 0) is 31.4 Å². The molecule has 3 heterocycles. The second kappa shape index (κ2) is 5.87. The number of aliphatic hydroxyl groups is 1. The monoisotopic (exact) mass is 276 g/mol. The van der Waals surface area contributed by atoms with E-state index in [0.717, 1.165) is 25.8 Å². The third kappa shape index (κ3) is 2.54. The Bertz CT molecular complexity index is 468. The van der Waals surface area contributed by atoms with Crippen molar-refractivity contribution >= 4 is 5.91 Å². The summed E-state index contributed by atoms with van der Waals surface area (Å²) in [5.41, 5.74) is 6.94. The topological polar surface area (TPSA) is 77.5 Å². The van der Waals surface area contributed by atoms with E-state index >= 15 is 0 Å². The maximum Gasteiger partial charge on any atom is 0.255 e. The fourth-order valence-corrected chi connectivity index (χ4v) is 3.14. The van der Waals surface area contributed by atoms with Gasteiger partial charge in [-0.1, -0.05) is 0 Å². The summed E-state index contributed by atoms with van der Waals surface area (Å²) < 4.78 is 0. The average molecular weight is 276 g/mol. The standard InChI is InChI=1S/C14H20N4O2/c19-9-11-7-12(17-16-11)13-4-2-6-18(13)14(20)10-3-1-5-15-8-10/h1,3,5,8,11-13,16-17,19H,2,4,6-7,9H2. The maximum absolute atomic E-state index is 12.6. The molecule has 0 saturated carbocycles. The molecule has 2 aliphatic rings. The molecule has 1 aromatic rings. The van der Waals surface area contributed by atoms with E-state index in [4.69, 9.17) is 0 Å². The van der Waals surface area contributed by atoms with Crippen LogP contribution in [0.4, 0.5) is 0 Å². The van der Waals surface area contributed by atoms with Gasteiger partial charge in [-0.25, -0.2) is 0 Å². The molecule has 0 aromatic carbocycles. The first-order valence-electron chi connectivity index (χ1n) is 7.12. The molecule has 3 rings (SSSR count). The molecule has 2 fully saturated rings. The third-order valence-corrected chi connectivity index (χ3v) is 4.16. The summed E-state index contributed by atoms with van der Waals surface area (Å²) in [6, 6.07) is 4.06. The predicted octanol–water partition coefficient (Wildman–Crippen LogP) is -0.0864. The summed E-state index contributed by atoms with van der Waals surface area (Å²) >= 11 is 0. The average Bonchev–Trinajstić information content (AvgIpc) is 3.15. The van der Waals surface area contributed by atoms with Gasteiger partial charge in [-0.2, -0.15) is 0 Å². The SMILES string of the molecule is O=C(c1cccnc1)N1CCCC1C1CC(CO)NN1. The second-order valence-electron chi connectivity index (χ2n) is 5.46. The molecule has 0 spiro atoms. The quantitative estimate of drug-likeness (QED) is 0.719. The van der Waals surface area contributed by atoms with Crippen molar-refractivity contribution in [2.24, 2.45) is 0 Å². The molecule has 1 aromatic heterocycles. The van der Waals surface area contributed by atoms with E-state index in [1.807, 2.05) is 11.0 Å². The van der Waals surface area contributed by atoms with Crippen molar-refractivity contribution in [2.45, 2.75) is 37.4 Å². The van der Waals surface area contributed by atoms with Crippen LogP contribution in [-0.2, 0) is 0 Å². The number of aliphatic hydroxyl groups excluding tert-OH is 1. The van der Waals surface area contributed by atoms with Gasteiger partial charge >= 0.3 is 0 Å². The lowest BCUT2D eigenvalue weighted by molar-refractivity contribution is 0.0708. The number of hydrazine groups is 1. The largest absolute Gasteiger partial charge is 0.395 e. The zero-order valence-electron chi connectivity index (χ0n) is 11.3. The van der Waals surface area contributed by atoms with E-state index in [0.29, 0.717) is 5.56 Å². The number of hydrogen-bond acceptors (Lipinski definition) is 5. The summed E-state index contributed by atoms with van der Waals surface area (Å²) in [7, 11) is 0. The summed E-state index contributed by atoms with van der Waals surface area (Å²) in [6.45, 7) is 0.910. The van der Waals surface area contributed by atoms with Crippen molar-refractivity contribution in [2.75, 3.05) is 13.2 Å². The highest BCUT2D eigenvalue weighted by atomic mass is 16.3. The highest BCUT2D eigenvalue weighted by Gasteiger charge is 2.38. The molecule has 3 N–H and O–H groups in total. The van der Waals surface area contributed by atoms with Gasteiger partial charge < -0.3 is 10.0 Å². The predicted molar refractivity (Wildman–Crippen MR) is 73.8 cm³/mol. The normalized spacial score (nSPS) is 29.9. The highest BCUT2D eigenvalue weighted by molar-refractivity contribution is 5.94. The number of likely N-dealkylation sites (tertiary alicyclic amines) is 1. The molecular formula is C14H20N4O2. The first kappa shape index (κ1) is 13.5. The summed E-state index contributed by atoms with van der Waals surface area (Å²) in [5, 5.41) is 9.19. The van der Waals surface area contributed by atoms with Crippen molar-refractivity contribution in [3.8, 4) is 0 Å². The van der Waals surface area contributed by atoms with Gasteiger partial charge in [-0.15, -0.1) is 0 Å². The molecule has 6 heteroatoms. The lowest BCUT2D eigenvalue weighted by Gasteiger charge is -2.29. The van der Waals surface area contributed by atoms with E-state index in [1.54, 1.807) is 18.5 Å². The van der Waals surface area contributed by atoms with Crippen LogP contribution in [0.15, 0.2) is 24.5 Å². The van der Waals surface area contributed by atoms with Crippen LogP contribution < -0.4 is 10.9 Å². The highest BCUT2D eigenvalue weighted by Crippen LogP contribution is 2.25. The number of hydrogen-bond donors (Lipinski definition) is 3. The fourth-order valence-electron chi connectivity index (χ4n) is 3.14. The molecule has 0 radical (unpaired) electrons. The lowest BCUT2D eigenvalue weighted by atomic mass is 10.0. The maximum atomic E-state index is 12.6. The van der Waals surface area contributed by atoms with Gasteiger partial charge in [0.25, 0.3) is 5.91 Å². The molecule has 3 atom stereocenters. The summed E-state index contributed by atoms with van der Waals surface area (Å²) in [6.07, 6.45) is 6.17. The van der Waals surface area contributed by atoms with Crippen LogP contribution in [0, 0.1) is 0 Å². The molecule has 6 nitrogen and oxygen atoms in total. The minimum absolute atomic E-state index is 0.0508. The van der Waals surface area contributed by atoms with Gasteiger partial charge in [0.2, 0.25) is 0 Å². The summed E-state index contributed by atoms with van der Waals surface area (Å²) in [4.78, 5) is 18.5. The molecule has 0 bridgehead atoms. The molecule has 2 aliphatic heterocycles. The number of rotatable bonds is 3. The van der Waals surface area contributed by atoms with Crippen molar-refractivity contribution < 1.29 is 9.90 Å². The van der Waals surface area contributed by atoms with Crippen LogP contribution in [-0.4, -0.2) is 52.2 Å². The Morgan fingerprint density at radius 2 is 2.40 bits per heavy atom. The number of carbonyl (C=O) groups excluding carboxylic acids is 1. The Morgan fingerprint density at radius 3 is 3.10 bits per heavy atom. The zero-order chi connectivity index (χ0) is 13.9. The Hall–Kier alpha value is -1.50. The van der Waals surface area contributed by atoms with Crippen molar-refractivity contribution in [3.05, 3.63) is 30.1 Å². The van der Waals surface area contributed by atoms with E-state index < -0.39 is 0 Å². The smallest absolute Gasteiger partial charge is 0.255 e. The van der Waals surface area contributed by atoms with Crippen LogP contribution in [0.5, 0.6) is 0 Å². The Kier molecular flexibility index (Phi) is 3.95. The lowest BCUT2D eigenvalue weighted by Crippen LogP contribution is -2.48. The molecule has 0 aliphatic carbocycles. The first-order chi connectivity index (χ1) is 9.79. The van der Waals surface area contributed by atoms with Gasteiger partial charge in [0.05, 0.1) is 12.2 Å². The van der Waals surface area contributed by atoms with E-state index in [1.165, 1.54) is 0 Å². The first-order valence-corrected chi connectivity index (χ1v) is 7.12. The molecular weight excluding hydrogens is 256 g/mol. The van der Waals surface area contributed by atoms with Crippen LogP contribution >= 0.6 is 0 Å².